The molecule has 2 aromatic rings. The van der Waals surface area contributed by atoms with Gasteiger partial charge in [-0.05, 0) is 38.5 Å². The number of aromatic nitrogens is 2. The van der Waals surface area contributed by atoms with Gasteiger partial charge in [-0.15, -0.1) is 0 Å². The summed E-state index contributed by atoms with van der Waals surface area (Å²) in [7, 11) is 0. The van der Waals surface area contributed by atoms with Crippen LogP contribution in [0.5, 0.6) is 0 Å². The molecule has 1 atom stereocenters. The fraction of sp³-hybridized carbons (Fsp3) is 0.462. The fourth-order valence-electron chi connectivity index (χ4n) is 2.05. The third-order valence-electron chi connectivity index (χ3n) is 2.88. The molecule has 0 radical (unpaired) electrons. The molecule has 0 saturated carbocycles. The van der Waals surface area contributed by atoms with Crippen LogP contribution in [0.25, 0.3) is 11.0 Å². The van der Waals surface area contributed by atoms with E-state index >= 15 is 0 Å². The number of ether oxygens (including phenoxy) is 1. The SMILES string of the molecule is CCOCC(C)n1c(N)nc2cc(C)ccc21. The lowest BCUT2D eigenvalue weighted by atomic mass is 10.2. The summed E-state index contributed by atoms with van der Waals surface area (Å²) in [4.78, 5) is 4.39. The van der Waals surface area contributed by atoms with Crippen LogP contribution in [0.3, 0.4) is 0 Å². The van der Waals surface area contributed by atoms with Gasteiger partial charge >= 0.3 is 0 Å². The van der Waals surface area contributed by atoms with E-state index in [-0.39, 0.29) is 6.04 Å². The summed E-state index contributed by atoms with van der Waals surface area (Å²) in [5.74, 6) is 0.554. The van der Waals surface area contributed by atoms with Gasteiger partial charge in [-0.2, -0.15) is 0 Å². The van der Waals surface area contributed by atoms with Gasteiger partial charge in [0.05, 0.1) is 23.7 Å². The first-order valence-corrected chi connectivity index (χ1v) is 5.95. The molecule has 0 aliphatic heterocycles. The van der Waals surface area contributed by atoms with Crippen molar-refractivity contribution in [3.05, 3.63) is 23.8 Å². The molecule has 0 spiro atoms. The Bertz CT molecular complexity index is 519. The molecule has 0 bridgehead atoms. The molecule has 0 amide bonds. The van der Waals surface area contributed by atoms with Crippen LogP contribution in [-0.4, -0.2) is 22.8 Å². The summed E-state index contributed by atoms with van der Waals surface area (Å²) in [6, 6.07) is 6.39. The molecule has 0 fully saturated rings. The van der Waals surface area contributed by atoms with Crippen LogP contribution >= 0.6 is 0 Å². The number of hydrogen-bond donors (Lipinski definition) is 1. The van der Waals surface area contributed by atoms with Crippen LogP contribution in [0.15, 0.2) is 18.2 Å². The smallest absolute Gasteiger partial charge is 0.201 e. The summed E-state index contributed by atoms with van der Waals surface area (Å²) >= 11 is 0. The highest BCUT2D eigenvalue weighted by Gasteiger charge is 2.13. The molecule has 4 heteroatoms. The number of anilines is 1. The standard InChI is InChI=1S/C13H19N3O/c1-4-17-8-10(3)16-12-6-5-9(2)7-11(12)15-13(16)14/h5-7,10H,4,8H2,1-3H3,(H2,14,15). The lowest BCUT2D eigenvalue weighted by Gasteiger charge is -2.15. The zero-order chi connectivity index (χ0) is 12.4. The van der Waals surface area contributed by atoms with Crippen molar-refractivity contribution >= 4 is 17.0 Å². The first-order chi connectivity index (χ1) is 8.13. The van der Waals surface area contributed by atoms with Crippen molar-refractivity contribution < 1.29 is 4.74 Å². The minimum Gasteiger partial charge on any atom is -0.380 e. The number of rotatable bonds is 4. The molecular formula is C13H19N3O. The number of hydrogen-bond acceptors (Lipinski definition) is 3. The Labute approximate surface area is 101 Å². The van der Waals surface area contributed by atoms with Crippen molar-refractivity contribution in [1.29, 1.82) is 0 Å². The maximum Gasteiger partial charge on any atom is 0.201 e. The maximum atomic E-state index is 5.97. The average molecular weight is 233 g/mol. The molecule has 2 rings (SSSR count). The number of aryl methyl sites for hydroxylation is 1. The van der Waals surface area contributed by atoms with Crippen LogP contribution in [0, 0.1) is 6.92 Å². The van der Waals surface area contributed by atoms with E-state index in [1.165, 1.54) is 5.56 Å². The molecule has 92 valence electrons. The van der Waals surface area contributed by atoms with Gasteiger partial charge in [0.2, 0.25) is 5.95 Å². The van der Waals surface area contributed by atoms with Crippen molar-refractivity contribution in [2.24, 2.45) is 0 Å². The summed E-state index contributed by atoms with van der Waals surface area (Å²) in [5, 5.41) is 0. The summed E-state index contributed by atoms with van der Waals surface area (Å²) < 4.78 is 7.47. The van der Waals surface area contributed by atoms with Crippen LogP contribution in [0.1, 0.15) is 25.5 Å². The zero-order valence-electron chi connectivity index (χ0n) is 10.6. The Kier molecular flexibility index (Phi) is 3.33. The Morgan fingerprint density at radius 3 is 2.94 bits per heavy atom. The van der Waals surface area contributed by atoms with Crippen molar-refractivity contribution in [3.8, 4) is 0 Å². The van der Waals surface area contributed by atoms with E-state index in [0.29, 0.717) is 12.6 Å². The lowest BCUT2D eigenvalue weighted by molar-refractivity contribution is 0.120. The van der Waals surface area contributed by atoms with Crippen LogP contribution in [0.4, 0.5) is 5.95 Å². The average Bonchev–Trinajstić information content (AvgIpc) is 2.61. The van der Waals surface area contributed by atoms with Gasteiger partial charge in [0.1, 0.15) is 0 Å². The van der Waals surface area contributed by atoms with E-state index < -0.39 is 0 Å². The van der Waals surface area contributed by atoms with Crippen LogP contribution < -0.4 is 5.73 Å². The number of benzene rings is 1. The molecular weight excluding hydrogens is 214 g/mol. The first-order valence-electron chi connectivity index (χ1n) is 5.95. The summed E-state index contributed by atoms with van der Waals surface area (Å²) in [6.07, 6.45) is 0. The molecule has 1 aromatic heterocycles. The molecule has 0 aliphatic carbocycles. The molecule has 4 nitrogen and oxygen atoms in total. The quantitative estimate of drug-likeness (QED) is 0.882. The Hall–Kier alpha value is -1.55. The molecule has 1 aromatic carbocycles. The van der Waals surface area contributed by atoms with Gasteiger partial charge in [-0.1, -0.05) is 6.07 Å². The third kappa shape index (κ3) is 2.26. The number of nitrogens with two attached hydrogens (primary N) is 1. The normalized spacial score (nSPS) is 13.1. The van der Waals surface area contributed by atoms with E-state index in [9.17, 15) is 0 Å². The van der Waals surface area contributed by atoms with E-state index in [2.05, 4.69) is 37.0 Å². The topological polar surface area (TPSA) is 53.1 Å². The van der Waals surface area contributed by atoms with Crippen molar-refractivity contribution in [1.82, 2.24) is 9.55 Å². The first kappa shape index (κ1) is 11.9. The van der Waals surface area contributed by atoms with Gasteiger partial charge in [0, 0.05) is 6.61 Å². The van der Waals surface area contributed by atoms with Crippen LogP contribution in [0.2, 0.25) is 0 Å². The minimum atomic E-state index is 0.197. The third-order valence-corrected chi connectivity index (χ3v) is 2.88. The molecule has 0 aliphatic rings. The highest BCUT2D eigenvalue weighted by Crippen LogP contribution is 2.23. The number of imidazole rings is 1. The molecule has 1 heterocycles. The lowest BCUT2D eigenvalue weighted by Crippen LogP contribution is -2.14. The number of fused-ring (bicyclic) bond motifs is 1. The second kappa shape index (κ2) is 4.75. The van der Waals surface area contributed by atoms with E-state index in [1.54, 1.807) is 0 Å². The number of nitrogens with zero attached hydrogens (tertiary/aromatic N) is 2. The van der Waals surface area contributed by atoms with Gasteiger partial charge < -0.3 is 15.0 Å². The Morgan fingerprint density at radius 1 is 1.47 bits per heavy atom. The second-order valence-corrected chi connectivity index (χ2v) is 4.34. The monoisotopic (exact) mass is 233 g/mol. The van der Waals surface area contributed by atoms with Crippen molar-refractivity contribution in [3.63, 3.8) is 0 Å². The van der Waals surface area contributed by atoms with Crippen molar-refractivity contribution in [2.45, 2.75) is 26.8 Å². The van der Waals surface area contributed by atoms with E-state index in [1.807, 2.05) is 11.5 Å². The van der Waals surface area contributed by atoms with Gasteiger partial charge in [-0.25, -0.2) is 4.98 Å². The van der Waals surface area contributed by atoms with Crippen LogP contribution in [-0.2, 0) is 4.74 Å². The minimum absolute atomic E-state index is 0.197. The number of nitrogen functional groups attached to an aromatic ring is 1. The van der Waals surface area contributed by atoms with Crippen molar-refractivity contribution in [2.75, 3.05) is 18.9 Å². The van der Waals surface area contributed by atoms with E-state index in [0.717, 1.165) is 17.6 Å². The van der Waals surface area contributed by atoms with E-state index in [4.69, 9.17) is 10.5 Å². The summed E-state index contributed by atoms with van der Waals surface area (Å²) in [6.45, 7) is 7.51. The van der Waals surface area contributed by atoms with Gasteiger partial charge in [-0.3, -0.25) is 0 Å². The Balaban J connectivity index is 2.42. The van der Waals surface area contributed by atoms with Gasteiger partial charge in [0.15, 0.2) is 0 Å². The highest BCUT2D eigenvalue weighted by atomic mass is 16.5. The second-order valence-electron chi connectivity index (χ2n) is 4.34. The fourth-order valence-corrected chi connectivity index (χ4v) is 2.05. The molecule has 2 N–H and O–H groups in total. The molecule has 0 saturated heterocycles. The maximum absolute atomic E-state index is 5.97. The largest absolute Gasteiger partial charge is 0.380 e. The molecule has 1 unspecified atom stereocenters. The highest BCUT2D eigenvalue weighted by molar-refractivity contribution is 5.79. The Morgan fingerprint density at radius 2 is 2.24 bits per heavy atom. The molecule has 17 heavy (non-hydrogen) atoms. The summed E-state index contributed by atoms with van der Waals surface area (Å²) in [5.41, 5.74) is 9.19. The predicted octanol–water partition coefficient (Wildman–Crippen LogP) is 2.52. The predicted molar refractivity (Wildman–Crippen MR) is 70.1 cm³/mol. The van der Waals surface area contributed by atoms with Gasteiger partial charge in [0.25, 0.3) is 0 Å². The zero-order valence-corrected chi connectivity index (χ0v) is 10.6.